The van der Waals surface area contributed by atoms with Gasteiger partial charge in [0.25, 0.3) is 10.0 Å². The van der Waals surface area contributed by atoms with Crippen LogP contribution >= 0.6 is 0 Å². The second-order valence-corrected chi connectivity index (χ2v) is 9.16. The summed E-state index contributed by atoms with van der Waals surface area (Å²) < 4.78 is 34.3. The lowest BCUT2D eigenvalue weighted by atomic mass is 10.3. The van der Waals surface area contributed by atoms with Gasteiger partial charge in [0, 0.05) is 17.4 Å². The van der Waals surface area contributed by atoms with Crippen LogP contribution in [0.2, 0.25) is 0 Å². The Balaban J connectivity index is 1.69. The van der Waals surface area contributed by atoms with Crippen molar-refractivity contribution in [3.63, 3.8) is 0 Å². The third-order valence-corrected chi connectivity index (χ3v) is 6.24. The monoisotopic (exact) mass is 492 g/mol. The highest BCUT2D eigenvalue weighted by Crippen LogP contribution is 2.28. The Kier molecular flexibility index (Phi) is 7.09. The van der Waals surface area contributed by atoms with Gasteiger partial charge in [-0.1, -0.05) is 24.3 Å². The number of aromatic nitrogens is 2. The highest BCUT2D eigenvalue weighted by molar-refractivity contribution is 7.92. The summed E-state index contributed by atoms with van der Waals surface area (Å²) in [5.74, 6) is 0.582. The normalized spacial score (nSPS) is 11.1. The number of ether oxygens (including phenoxy) is 1. The summed E-state index contributed by atoms with van der Waals surface area (Å²) in [6.45, 7) is 0.0984. The van der Waals surface area contributed by atoms with Crippen LogP contribution in [0.3, 0.4) is 0 Å². The second kappa shape index (κ2) is 10.4. The number of benzene rings is 3. The number of hydrogen-bond acceptors (Lipinski definition) is 8. The lowest BCUT2D eigenvalue weighted by molar-refractivity contribution is -0.115. The molecule has 0 fully saturated rings. The van der Waals surface area contributed by atoms with Crippen molar-refractivity contribution >= 4 is 50.0 Å². The van der Waals surface area contributed by atoms with Crippen molar-refractivity contribution in [2.24, 2.45) is 0 Å². The minimum absolute atomic E-state index is 0.0242. The molecule has 0 unspecified atom stereocenters. The van der Waals surface area contributed by atoms with Crippen molar-refractivity contribution in [1.29, 1.82) is 0 Å². The molecule has 0 saturated heterocycles. The largest absolute Gasteiger partial charge is 0.497 e. The molecule has 1 heterocycles. The average molecular weight is 493 g/mol. The van der Waals surface area contributed by atoms with Crippen LogP contribution in [0.5, 0.6) is 5.75 Å². The maximum atomic E-state index is 13.3. The number of para-hydroxylation sites is 2. The molecular formula is C24H24N6O4S. The van der Waals surface area contributed by atoms with Crippen LogP contribution in [0.4, 0.5) is 23.0 Å². The highest BCUT2D eigenvalue weighted by atomic mass is 32.2. The zero-order valence-corrected chi connectivity index (χ0v) is 19.9. The lowest BCUT2D eigenvalue weighted by Gasteiger charge is -2.15. The first-order chi connectivity index (χ1) is 16.9. The Morgan fingerprint density at radius 3 is 2.29 bits per heavy atom. The van der Waals surface area contributed by atoms with Crippen LogP contribution in [-0.4, -0.2) is 45.0 Å². The summed E-state index contributed by atoms with van der Waals surface area (Å²) >= 11 is 0. The van der Waals surface area contributed by atoms with E-state index in [1.165, 1.54) is 12.1 Å². The van der Waals surface area contributed by atoms with Gasteiger partial charge in [0.15, 0.2) is 11.6 Å². The van der Waals surface area contributed by atoms with E-state index in [1.54, 1.807) is 68.8 Å². The molecule has 0 saturated carbocycles. The quantitative estimate of drug-likeness (QED) is 0.280. The molecule has 0 spiro atoms. The number of rotatable bonds is 9. The standard InChI is InChI=1S/C24H24N6O4S/c1-25-15-22(31)26-17-8-6-10-19(14-17)35(32,33)30-24-23(27-16-7-5-9-18(13-16)34-2)28-20-11-3-4-12-21(20)29-24/h3-14,25H,15H2,1-2H3,(H,26,31)(H,27,28)(H,29,30). The topological polar surface area (TPSA) is 134 Å². The fourth-order valence-electron chi connectivity index (χ4n) is 3.29. The summed E-state index contributed by atoms with van der Waals surface area (Å²) in [5, 5.41) is 8.51. The Labute approximate surface area is 202 Å². The Bertz CT molecular complexity index is 1480. The van der Waals surface area contributed by atoms with E-state index < -0.39 is 10.0 Å². The van der Waals surface area contributed by atoms with Crippen molar-refractivity contribution in [3.05, 3.63) is 72.8 Å². The maximum Gasteiger partial charge on any atom is 0.263 e. The molecule has 11 heteroatoms. The Morgan fingerprint density at radius 2 is 1.57 bits per heavy atom. The summed E-state index contributed by atoms with van der Waals surface area (Å²) in [4.78, 5) is 20.9. The molecule has 0 aliphatic rings. The van der Waals surface area contributed by atoms with E-state index in [2.05, 4.69) is 30.6 Å². The van der Waals surface area contributed by atoms with Gasteiger partial charge >= 0.3 is 0 Å². The number of nitrogens with zero attached hydrogens (tertiary/aromatic N) is 2. The van der Waals surface area contributed by atoms with Gasteiger partial charge in [0.2, 0.25) is 5.91 Å². The Hall–Kier alpha value is -4.22. The lowest BCUT2D eigenvalue weighted by Crippen LogP contribution is -2.25. The van der Waals surface area contributed by atoms with Crippen molar-refractivity contribution < 1.29 is 17.9 Å². The molecule has 0 bridgehead atoms. The summed E-state index contributed by atoms with van der Waals surface area (Å²) in [6, 6.07) is 20.3. The first-order valence-electron chi connectivity index (χ1n) is 10.6. The first kappa shape index (κ1) is 23.9. The van der Waals surface area contributed by atoms with Gasteiger partial charge in [-0.2, -0.15) is 0 Å². The van der Waals surface area contributed by atoms with E-state index in [4.69, 9.17) is 4.74 Å². The van der Waals surface area contributed by atoms with Crippen molar-refractivity contribution in [3.8, 4) is 5.75 Å². The van der Waals surface area contributed by atoms with E-state index in [-0.39, 0.29) is 29.0 Å². The van der Waals surface area contributed by atoms with Crippen LogP contribution in [0.15, 0.2) is 77.7 Å². The molecular weight excluding hydrogens is 468 g/mol. The number of sulfonamides is 1. The molecule has 4 aromatic rings. The average Bonchev–Trinajstić information content (AvgIpc) is 2.84. The van der Waals surface area contributed by atoms with Gasteiger partial charge in [-0.25, -0.2) is 18.4 Å². The van der Waals surface area contributed by atoms with Crippen molar-refractivity contribution in [2.45, 2.75) is 4.90 Å². The van der Waals surface area contributed by atoms with Gasteiger partial charge in [-0.15, -0.1) is 0 Å². The first-order valence-corrected chi connectivity index (χ1v) is 12.1. The van der Waals surface area contributed by atoms with Crippen LogP contribution in [-0.2, 0) is 14.8 Å². The number of nitrogens with one attached hydrogen (secondary N) is 4. The van der Waals surface area contributed by atoms with Gasteiger partial charge in [0.05, 0.1) is 29.6 Å². The molecule has 0 aliphatic heterocycles. The summed E-state index contributed by atoms with van der Waals surface area (Å²) in [7, 11) is -0.860. The molecule has 0 aliphatic carbocycles. The van der Waals surface area contributed by atoms with E-state index in [0.29, 0.717) is 28.2 Å². The van der Waals surface area contributed by atoms with E-state index in [0.717, 1.165) is 0 Å². The molecule has 180 valence electrons. The SMILES string of the molecule is CNCC(=O)Nc1cccc(S(=O)(=O)Nc2nc3ccccc3nc2Nc2cccc(OC)c2)c1. The zero-order chi connectivity index (χ0) is 24.8. The summed E-state index contributed by atoms with van der Waals surface area (Å²) in [5.41, 5.74) is 2.11. The molecule has 4 N–H and O–H groups in total. The van der Waals surface area contributed by atoms with Gasteiger partial charge in [-0.05, 0) is 49.5 Å². The van der Waals surface area contributed by atoms with Crippen molar-refractivity contribution in [2.75, 3.05) is 36.1 Å². The molecule has 3 aromatic carbocycles. The predicted octanol–water partition coefficient (Wildman–Crippen LogP) is 3.34. The number of hydrogen-bond donors (Lipinski definition) is 4. The third-order valence-electron chi connectivity index (χ3n) is 4.90. The van der Waals surface area contributed by atoms with Crippen LogP contribution in [0.25, 0.3) is 11.0 Å². The number of carbonyl (C=O) groups excluding carboxylic acids is 1. The third kappa shape index (κ3) is 5.83. The minimum atomic E-state index is -4.06. The van der Waals surface area contributed by atoms with E-state index >= 15 is 0 Å². The molecule has 0 atom stereocenters. The number of fused-ring (bicyclic) bond motifs is 1. The molecule has 0 radical (unpaired) electrons. The molecule has 4 rings (SSSR count). The molecule has 1 amide bonds. The van der Waals surface area contributed by atoms with E-state index in [1.807, 2.05) is 6.07 Å². The molecule has 1 aromatic heterocycles. The number of methoxy groups -OCH3 is 1. The number of likely N-dealkylation sites (N-methyl/N-ethyl adjacent to an activating group) is 1. The smallest absolute Gasteiger partial charge is 0.263 e. The van der Waals surface area contributed by atoms with Gasteiger partial charge in [-0.3, -0.25) is 9.52 Å². The summed E-state index contributed by atoms with van der Waals surface area (Å²) in [6.07, 6.45) is 0. The number of carbonyl (C=O) groups is 1. The van der Waals surface area contributed by atoms with Crippen LogP contribution in [0.1, 0.15) is 0 Å². The van der Waals surface area contributed by atoms with Crippen LogP contribution in [0, 0.1) is 0 Å². The second-order valence-electron chi connectivity index (χ2n) is 7.48. The van der Waals surface area contributed by atoms with E-state index in [9.17, 15) is 13.2 Å². The minimum Gasteiger partial charge on any atom is -0.497 e. The fourth-order valence-corrected chi connectivity index (χ4v) is 4.34. The molecule has 10 nitrogen and oxygen atoms in total. The number of anilines is 4. The maximum absolute atomic E-state index is 13.3. The Morgan fingerprint density at radius 1 is 0.886 bits per heavy atom. The zero-order valence-electron chi connectivity index (χ0n) is 19.1. The number of amides is 1. The van der Waals surface area contributed by atoms with Gasteiger partial charge in [0.1, 0.15) is 5.75 Å². The molecule has 35 heavy (non-hydrogen) atoms. The van der Waals surface area contributed by atoms with Crippen LogP contribution < -0.4 is 25.4 Å². The highest BCUT2D eigenvalue weighted by Gasteiger charge is 2.20. The van der Waals surface area contributed by atoms with Gasteiger partial charge < -0.3 is 20.7 Å². The fraction of sp³-hybridized carbons (Fsp3) is 0.125. The predicted molar refractivity (Wildman–Crippen MR) is 136 cm³/mol. The van der Waals surface area contributed by atoms with Crippen molar-refractivity contribution in [1.82, 2.24) is 15.3 Å².